The van der Waals surface area contributed by atoms with Gasteiger partial charge in [0, 0.05) is 10.0 Å². The second kappa shape index (κ2) is 11.9. The van der Waals surface area contributed by atoms with Crippen LogP contribution in [0.4, 0.5) is 0 Å². The van der Waals surface area contributed by atoms with Gasteiger partial charge in [-0.3, -0.25) is 4.79 Å². The van der Waals surface area contributed by atoms with Gasteiger partial charge in [-0.15, -0.1) is 0 Å². The van der Waals surface area contributed by atoms with E-state index in [1.165, 1.54) is 0 Å². The van der Waals surface area contributed by atoms with Crippen LogP contribution in [-0.4, -0.2) is 25.3 Å². The summed E-state index contributed by atoms with van der Waals surface area (Å²) in [5.74, 6) is 1.73. The first-order chi connectivity index (χ1) is 15.6. The number of carbonyl (C=O) groups is 1. The number of ether oxygens (including phenoxy) is 3. The van der Waals surface area contributed by atoms with Gasteiger partial charge >= 0.3 is 0 Å². The van der Waals surface area contributed by atoms with E-state index >= 15 is 0 Å². The number of halogens is 1. The van der Waals surface area contributed by atoms with Gasteiger partial charge in [-0.05, 0) is 54.4 Å². The van der Waals surface area contributed by atoms with Crippen molar-refractivity contribution in [3.05, 3.63) is 88.4 Å². The van der Waals surface area contributed by atoms with E-state index in [1.807, 2.05) is 73.7 Å². The van der Waals surface area contributed by atoms with Crippen molar-refractivity contribution in [1.29, 1.82) is 0 Å². The number of amides is 1. The number of hydrogen-bond acceptors (Lipinski definition) is 5. The Hall–Kier alpha value is -3.32. The molecule has 1 N–H and O–H groups in total. The van der Waals surface area contributed by atoms with Crippen LogP contribution < -0.4 is 19.6 Å². The molecule has 1 atom stereocenters. The molecule has 7 heteroatoms. The number of para-hydroxylation sites is 1. The van der Waals surface area contributed by atoms with E-state index in [-0.39, 0.29) is 5.91 Å². The molecule has 6 nitrogen and oxygen atoms in total. The molecule has 0 heterocycles. The molecule has 0 radical (unpaired) electrons. The van der Waals surface area contributed by atoms with E-state index in [2.05, 4.69) is 26.5 Å². The Labute approximate surface area is 196 Å². The van der Waals surface area contributed by atoms with Crippen molar-refractivity contribution in [2.45, 2.75) is 26.1 Å². The molecule has 0 bridgehead atoms. The Kier molecular flexibility index (Phi) is 8.69. The molecule has 0 aliphatic rings. The standard InChI is InChI=1S/C25H25BrN2O4/c1-3-23(32-22-12-7-10-20(26)15-22)25(29)28-27-16-19-9-4-5-13-24(19)31-17-18-8-6-11-21(14-18)30-2/h4-16,23H,3,17H2,1-2H3,(H,28,29)/b27-16+. The molecule has 32 heavy (non-hydrogen) atoms. The summed E-state index contributed by atoms with van der Waals surface area (Å²) in [5.41, 5.74) is 4.29. The fourth-order valence-electron chi connectivity index (χ4n) is 2.91. The molecule has 0 aromatic heterocycles. The Morgan fingerprint density at radius 3 is 2.62 bits per heavy atom. The summed E-state index contributed by atoms with van der Waals surface area (Å²) in [6, 6.07) is 22.6. The molecule has 0 saturated heterocycles. The summed E-state index contributed by atoms with van der Waals surface area (Å²) in [5, 5.41) is 4.10. The van der Waals surface area contributed by atoms with E-state index in [0.717, 1.165) is 21.3 Å². The highest BCUT2D eigenvalue weighted by Crippen LogP contribution is 2.21. The van der Waals surface area contributed by atoms with Gasteiger partial charge in [0.2, 0.25) is 0 Å². The van der Waals surface area contributed by atoms with Gasteiger partial charge in [-0.25, -0.2) is 5.43 Å². The zero-order valence-electron chi connectivity index (χ0n) is 18.0. The average molecular weight is 497 g/mol. The van der Waals surface area contributed by atoms with Crippen LogP contribution in [0, 0.1) is 0 Å². The van der Waals surface area contributed by atoms with Crippen LogP contribution in [0.25, 0.3) is 0 Å². The minimum atomic E-state index is -0.652. The zero-order chi connectivity index (χ0) is 22.8. The van der Waals surface area contributed by atoms with Gasteiger partial charge in [-0.1, -0.05) is 53.2 Å². The predicted molar refractivity (Wildman–Crippen MR) is 128 cm³/mol. The molecule has 1 unspecified atom stereocenters. The zero-order valence-corrected chi connectivity index (χ0v) is 19.5. The summed E-state index contributed by atoms with van der Waals surface area (Å²) in [7, 11) is 1.63. The minimum Gasteiger partial charge on any atom is -0.497 e. The molecule has 3 rings (SSSR count). The van der Waals surface area contributed by atoms with Crippen molar-refractivity contribution >= 4 is 28.1 Å². The van der Waals surface area contributed by atoms with Gasteiger partial charge in [0.15, 0.2) is 6.10 Å². The van der Waals surface area contributed by atoms with Crippen LogP contribution in [0.1, 0.15) is 24.5 Å². The van der Waals surface area contributed by atoms with Crippen molar-refractivity contribution in [1.82, 2.24) is 5.43 Å². The largest absolute Gasteiger partial charge is 0.497 e. The highest BCUT2D eigenvalue weighted by Gasteiger charge is 2.18. The SMILES string of the molecule is CCC(Oc1cccc(Br)c1)C(=O)N/N=C/c1ccccc1OCc1cccc(OC)c1. The van der Waals surface area contributed by atoms with Crippen LogP contribution in [0.2, 0.25) is 0 Å². The summed E-state index contributed by atoms with van der Waals surface area (Å²) in [6.45, 7) is 2.26. The first-order valence-corrected chi connectivity index (χ1v) is 11.0. The quantitative estimate of drug-likeness (QED) is 0.303. The highest BCUT2D eigenvalue weighted by molar-refractivity contribution is 9.10. The molecular weight excluding hydrogens is 472 g/mol. The van der Waals surface area contributed by atoms with Crippen LogP contribution in [-0.2, 0) is 11.4 Å². The number of hydrogen-bond donors (Lipinski definition) is 1. The predicted octanol–water partition coefficient (Wildman–Crippen LogP) is 5.34. The van der Waals surface area contributed by atoms with E-state index in [9.17, 15) is 4.79 Å². The normalized spacial score (nSPS) is 11.7. The van der Waals surface area contributed by atoms with Crippen LogP contribution >= 0.6 is 15.9 Å². The smallest absolute Gasteiger partial charge is 0.281 e. The third-order valence-electron chi connectivity index (χ3n) is 4.56. The molecule has 0 spiro atoms. The van der Waals surface area contributed by atoms with E-state index < -0.39 is 6.10 Å². The number of nitrogens with one attached hydrogen (secondary N) is 1. The lowest BCUT2D eigenvalue weighted by Crippen LogP contribution is -2.35. The molecular formula is C25H25BrN2O4. The van der Waals surface area contributed by atoms with Crippen molar-refractivity contribution in [3.8, 4) is 17.2 Å². The van der Waals surface area contributed by atoms with Gasteiger partial charge in [-0.2, -0.15) is 5.10 Å². The Morgan fingerprint density at radius 1 is 1.06 bits per heavy atom. The fraction of sp³-hybridized carbons (Fsp3) is 0.200. The number of nitrogens with zero attached hydrogens (tertiary/aromatic N) is 1. The lowest BCUT2D eigenvalue weighted by molar-refractivity contribution is -0.128. The van der Waals surface area contributed by atoms with Crippen molar-refractivity contribution in [2.24, 2.45) is 5.10 Å². The number of methoxy groups -OCH3 is 1. The maximum atomic E-state index is 12.5. The number of rotatable bonds is 10. The van der Waals surface area contributed by atoms with Crippen LogP contribution in [0.5, 0.6) is 17.2 Å². The Balaban J connectivity index is 1.60. The topological polar surface area (TPSA) is 69.2 Å². The number of carbonyl (C=O) groups excluding carboxylic acids is 1. The molecule has 0 aliphatic carbocycles. The molecule has 0 saturated carbocycles. The lowest BCUT2D eigenvalue weighted by Gasteiger charge is -2.16. The first kappa shape index (κ1) is 23.3. The summed E-state index contributed by atoms with van der Waals surface area (Å²) >= 11 is 3.40. The number of hydrazone groups is 1. The lowest BCUT2D eigenvalue weighted by atomic mass is 10.2. The van der Waals surface area contributed by atoms with E-state index in [0.29, 0.717) is 24.5 Å². The maximum Gasteiger partial charge on any atom is 0.281 e. The molecule has 0 aliphatic heterocycles. The molecule has 3 aromatic rings. The van der Waals surface area contributed by atoms with Gasteiger partial charge in [0.1, 0.15) is 23.9 Å². The Bertz CT molecular complexity index is 1070. The van der Waals surface area contributed by atoms with Crippen LogP contribution in [0.3, 0.4) is 0 Å². The number of benzene rings is 3. The van der Waals surface area contributed by atoms with Gasteiger partial charge in [0.25, 0.3) is 5.91 Å². The van der Waals surface area contributed by atoms with Crippen molar-refractivity contribution in [3.63, 3.8) is 0 Å². The average Bonchev–Trinajstić information content (AvgIpc) is 2.82. The summed E-state index contributed by atoms with van der Waals surface area (Å²) in [4.78, 5) is 12.5. The van der Waals surface area contributed by atoms with E-state index in [1.54, 1.807) is 19.4 Å². The molecule has 0 fully saturated rings. The van der Waals surface area contributed by atoms with Gasteiger partial charge in [0.05, 0.1) is 13.3 Å². The fourth-order valence-corrected chi connectivity index (χ4v) is 3.28. The molecule has 1 amide bonds. The third-order valence-corrected chi connectivity index (χ3v) is 5.06. The molecule has 166 valence electrons. The van der Waals surface area contributed by atoms with E-state index in [4.69, 9.17) is 14.2 Å². The minimum absolute atomic E-state index is 0.321. The van der Waals surface area contributed by atoms with Crippen molar-refractivity contribution < 1.29 is 19.0 Å². The third kappa shape index (κ3) is 6.85. The van der Waals surface area contributed by atoms with Crippen molar-refractivity contribution in [2.75, 3.05) is 7.11 Å². The second-order valence-corrected chi connectivity index (χ2v) is 7.80. The second-order valence-electron chi connectivity index (χ2n) is 6.88. The molecule has 3 aromatic carbocycles. The maximum absolute atomic E-state index is 12.5. The summed E-state index contributed by atoms with van der Waals surface area (Å²) in [6.07, 6.45) is 1.42. The highest BCUT2D eigenvalue weighted by atomic mass is 79.9. The van der Waals surface area contributed by atoms with Crippen LogP contribution in [0.15, 0.2) is 82.4 Å². The Morgan fingerprint density at radius 2 is 1.84 bits per heavy atom. The first-order valence-electron chi connectivity index (χ1n) is 10.2. The summed E-state index contributed by atoms with van der Waals surface area (Å²) < 4.78 is 17.9. The van der Waals surface area contributed by atoms with Gasteiger partial charge < -0.3 is 14.2 Å². The monoisotopic (exact) mass is 496 g/mol.